The number of rotatable bonds is 7. The Hall–Kier alpha value is -3.68. The van der Waals surface area contributed by atoms with E-state index in [9.17, 15) is 19.8 Å². The third-order valence-corrected chi connectivity index (χ3v) is 6.53. The van der Waals surface area contributed by atoms with E-state index in [0.717, 1.165) is 27.8 Å². The molecule has 1 heterocycles. The van der Waals surface area contributed by atoms with E-state index in [1.807, 2.05) is 43.0 Å². The Morgan fingerprint density at radius 3 is 2.51 bits per heavy atom. The molecule has 4 N–H and O–H groups in total. The van der Waals surface area contributed by atoms with Crippen molar-refractivity contribution in [3.63, 3.8) is 0 Å². The van der Waals surface area contributed by atoms with Crippen LogP contribution in [-0.2, 0) is 11.3 Å². The lowest BCUT2D eigenvalue weighted by Crippen LogP contribution is -2.43. The second-order valence-corrected chi connectivity index (χ2v) is 9.19. The van der Waals surface area contributed by atoms with Crippen molar-refractivity contribution in [2.75, 3.05) is 6.54 Å². The van der Waals surface area contributed by atoms with Gasteiger partial charge in [0.05, 0.1) is 23.8 Å². The molecule has 1 aliphatic heterocycles. The molecule has 3 aromatic carbocycles. The number of carbonyl (C=O) groups excluding carboxylic acids is 1. The predicted molar refractivity (Wildman–Crippen MR) is 133 cm³/mol. The van der Waals surface area contributed by atoms with Gasteiger partial charge in [0.2, 0.25) is 5.91 Å². The fourth-order valence-electron chi connectivity index (χ4n) is 4.68. The number of aromatic carboxylic acids is 1. The molecule has 3 aromatic rings. The predicted octanol–water partition coefficient (Wildman–Crippen LogP) is 3.88. The topological polar surface area (TPSA) is 110 Å². The largest absolute Gasteiger partial charge is 0.508 e. The van der Waals surface area contributed by atoms with Crippen LogP contribution in [0.1, 0.15) is 46.4 Å². The van der Waals surface area contributed by atoms with E-state index in [1.165, 1.54) is 12.1 Å². The molecule has 4 rings (SSSR count). The van der Waals surface area contributed by atoms with Gasteiger partial charge in [-0.3, -0.25) is 9.69 Å². The molecule has 7 heteroatoms. The molecule has 0 aliphatic carbocycles. The number of β-amino-alcohol motifs (C(OH)–C–C–N with tert-alkyl or cyclic N) is 1. The van der Waals surface area contributed by atoms with Crippen molar-refractivity contribution in [3.05, 3.63) is 89.0 Å². The van der Waals surface area contributed by atoms with Crippen molar-refractivity contribution in [1.29, 1.82) is 0 Å². The van der Waals surface area contributed by atoms with E-state index >= 15 is 0 Å². The van der Waals surface area contributed by atoms with E-state index in [0.29, 0.717) is 19.5 Å². The number of carboxylic acids is 1. The van der Waals surface area contributed by atoms with Gasteiger partial charge in [-0.05, 0) is 78.4 Å². The van der Waals surface area contributed by atoms with Crippen molar-refractivity contribution in [1.82, 2.24) is 10.2 Å². The van der Waals surface area contributed by atoms with Crippen LogP contribution in [0.2, 0.25) is 0 Å². The molecule has 0 bridgehead atoms. The fraction of sp³-hybridized carbons (Fsp3) is 0.286. The highest BCUT2D eigenvalue weighted by molar-refractivity contribution is 5.87. The van der Waals surface area contributed by atoms with E-state index in [4.69, 9.17) is 5.11 Å². The first kappa shape index (κ1) is 24.4. The van der Waals surface area contributed by atoms with Crippen LogP contribution in [0.15, 0.2) is 66.7 Å². The SMILES string of the molecule is Cc1cc(O)ccc1-c1cccc(CN2C[C@H](O)C[C@@H]2C(=O)N[C@@H](C)c2ccc(C(=O)O)cc2)c1. The van der Waals surface area contributed by atoms with Crippen LogP contribution in [-0.4, -0.2) is 50.8 Å². The molecule has 182 valence electrons. The number of carbonyl (C=O) groups is 2. The first-order valence-corrected chi connectivity index (χ1v) is 11.7. The number of hydrogen-bond donors (Lipinski definition) is 4. The van der Waals surface area contributed by atoms with Crippen LogP contribution in [0.3, 0.4) is 0 Å². The summed E-state index contributed by atoms with van der Waals surface area (Å²) in [4.78, 5) is 26.2. The number of nitrogens with one attached hydrogen (secondary N) is 1. The highest BCUT2D eigenvalue weighted by Crippen LogP contribution is 2.28. The van der Waals surface area contributed by atoms with Crippen molar-refractivity contribution in [3.8, 4) is 16.9 Å². The first-order valence-electron chi connectivity index (χ1n) is 11.7. The zero-order chi connectivity index (χ0) is 25.1. The van der Waals surface area contributed by atoms with Gasteiger partial charge in [-0.25, -0.2) is 4.79 Å². The Kier molecular flexibility index (Phi) is 7.19. The van der Waals surface area contributed by atoms with Crippen LogP contribution in [0.5, 0.6) is 5.75 Å². The molecule has 1 aliphatic rings. The van der Waals surface area contributed by atoms with Gasteiger partial charge in [0.25, 0.3) is 0 Å². The number of aliphatic hydroxyl groups excluding tert-OH is 1. The maximum Gasteiger partial charge on any atom is 0.335 e. The molecule has 0 unspecified atom stereocenters. The summed E-state index contributed by atoms with van der Waals surface area (Å²) in [5.41, 5.74) is 5.07. The first-order chi connectivity index (χ1) is 16.7. The minimum atomic E-state index is -0.992. The minimum Gasteiger partial charge on any atom is -0.508 e. The Labute approximate surface area is 204 Å². The van der Waals surface area contributed by atoms with Gasteiger partial charge in [0.1, 0.15) is 5.75 Å². The van der Waals surface area contributed by atoms with Gasteiger partial charge in [-0.2, -0.15) is 0 Å². The standard InChI is InChI=1S/C28H30N2O5/c1-17-12-23(31)10-11-25(17)22-5-3-4-19(13-22)15-30-16-24(32)14-26(30)27(33)29-18(2)20-6-8-21(9-7-20)28(34)35/h3-13,18,24,26,31-32H,14-16H2,1-2H3,(H,29,33)(H,34,35)/t18-,24+,26+/m0/s1. The molecule has 35 heavy (non-hydrogen) atoms. The summed E-state index contributed by atoms with van der Waals surface area (Å²) in [6, 6.07) is 19.0. The molecular weight excluding hydrogens is 444 g/mol. The number of amides is 1. The number of hydrogen-bond acceptors (Lipinski definition) is 5. The molecule has 0 spiro atoms. The fourth-order valence-corrected chi connectivity index (χ4v) is 4.68. The third kappa shape index (κ3) is 5.70. The summed E-state index contributed by atoms with van der Waals surface area (Å²) in [6.07, 6.45) is -0.230. The number of phenolic OH excluding ortho intramolecular Hbond substituents is 1. The molecule has 0 aromatic heterocycles. The molecule has 1 fully saturated rings. The minimum absolute atomic E-state index is 0.165. The lowest BCUT2D eigenvalue weighted by molar-refractivity contribution is -0.126. The summed E-state index contributed by atoms with van der Waals surface area (Å²) in [5.74, 6) is -0.926. The van der Waals surface area contributed by atoms with Crippen molar-refractivity contribution >= 4 is 11.9 Å². The molecule has 1 saturated heterocycles. The van der Waals surface area contributed by atoms with Crippen LogP contribution in [0.4, 0.5) is 0 Å². The molecule has 7 nitrogen and oxygen atoms in total. The Morgan fingerprint density at radius 1 is 1.09 bits per heavy atom. The maximum absolute atomic E-state index is 13.1. The van der Waals surface area contributed by atoms with Gasteiger partial charge < -0.3 is 20.6 Å². The second-order valence-electron chi connectivity index (χ2n) is 9.19. The molecule has 0 saturated carbocycles. The normalized spacial score (nSPS) is 18.8. The number of benzene rings is 3. The summed E-state index contributed by atoms with van der Waals surface area (Å²) in [7, 11) is 0. The number of carboxylic acid groups (broad SMARTS) is 1. The Balaban J connectivity index is 1.46. The van der Waals surface area contributed by atoms with E-state index in [-0.39, 0.29) is 23.3 Å². The zero-order valence-corrected chi connectivity index (χ0v) is 19.8. The molecule has 1 amide bonds. The maximum atomic E-state index is 13.1. The van der Waals surface area contributed by atoms with Gasteiger partial charge in [0, 0.05) is 13.1 Å². The average Bonchev–Trinajstić information content (AvgIpc) is 3.19. The van der Waals surface area contributed by atoms with Gasteiger partial charge >= 0.3 is 5.97 Å². The lowest BCUT2D eigenvalue weighted by Gasteiger charge is -2.25. The Bertz CT molecular complexity index is 1220. The number of aliphatic hydroxyl groups is 1. The van der Waals surface area contributed by atoms with Crippen molar-refractivity contribution < 1.29 is 24.9 Å². The van der Waals surface area contributed by atoms with Gasteiger partial charge in [0.15, 0.2) is 0 Å². The smallest absolute Gasteiger partial charge is 0.335 e. The van der Waals surface area contributed by atoms with E-state index in [1.54, 1.807) is 24.3 Å². The van der Waals surface area contributed by atoms with Crippen LogP contribution in [0.25, 0.3) is 11.1 Å². The summed E-state index contributed by atoms with van der Waals surface area (Å²) < 4.78 is 0. The zero-order valence-electron chi connectivity index (χ0n) is 19.8. The highest BCUT2D eigenvalue weighted by atomic mass is 16.4. The molecular formula is C28H30N2O5. The van der Waals surface area contributed by atoms with Gasteiger partial charge in [-0.15, -0.1) is 0 Å². The third-order valence-electron chi connectivity index (χ3n) is 6.53. The monoisotopic (exact) mass is 474 g/mol. The number of phenols is 1. The number of aromatic hydroxyl groups is 1. The number of likely N-dealkylation sites (tertiary alicyclic amines) is 1. The summed E-state index contributed by atoms with van der Waals surface area (Å²) in [5, 5.41) is 32.1. The quantitative estimate of drug-likeness (QED) is 0.414. The number of aryl methyl sites for hydroxylation is 1. The van der Waals surface area contributed by atoms with Crippen molar-refractivity contribution in [2.45, 2.75) is 45.0 Å². The number of nitrogens with zero attached hydrogens (tertiary/aromatic N) is 1. The summed E-state index contributed by atoms with van der Waals surface area (Å²) in [6.45, 7) is 4.73. The molecule has 3 atom stereocenters. The average molecular weight is 475 g/mol. The van der Waals surface area contributed by atoms with Gasteiger partial charge in [-0.1, -0.05) is 36.4 Å². The highest BCUT2D eigenvalue weighted by Gasteiger charge is 2.36. The van der Waals surface area contributed by atoms with Crippen LogP contribution < -0.4 is 5.32 Å². The van der Waals surface area contributed by atoms with E-state index < -0.39 is 18.1 Å². The second kappa shape index (κ2) is 10.3. The molecule has 0 radical (unpaired) electrons. The van der Waals surface area contributed by atoms with Crippen molar-refractivity contribution in [2.24, 2.45) is 0 Å². The Morgan fingerprint density at radius 2 is 1.83 bits per heavy atom. The van der Waals surface area contributed by atoms with Crippen LogP contribution in [0, 0.1) is 6.92 Å². The van der Waals surface area contributed by atoms with E-state index in [2.05, 4.69) is 11.4 Å². The summed E-state index contributed by atoms with van der Waals surface area (Å²) >= 11 is 0. The lowest BCUT2D eigenvalue weighted by atomic mass is 9.98. The van der Waals surface area contributed by atoms with Crippen LogP contribution >= 0.6 is 0 Å².